The van der Waals surface area contributed by atoms with Gasteiger partial charge in [-0.25, -0.2) is 4.98 Å². The summed E-state index contributed by atoms with van der Waals surface area (Å²) in [6.45, 7) is 0.682. The lowest BCUT2D eigenvalue weighted by molar-refractivity contribution is 0.0950. The van der Waals surface area contributed by atoms with Gasteiger partial charge in [-0.2, -0.15) is 0 Å². The number of aryl methyl sites for hydroxylation is 1. The number of halogens is 1. The predicted molar refractivity (Wildman–Crippen MR) is 160 cm³/mol. The minimum atomic E-state index is -0.301. The Bertz CT molecular complexity index is 1720. The van der Waals surface area contributed by atoms with Crippen LogP contribution in [0.3, 0.4) is 0 Å². The van der Waals surface area contributed by atoms with Gasteiger partial charge in [-0.05, 0) is 41.8 Å². The van der Waals surface area contributed by atoms with E-state index in [9.17, 15) is 14.4 Å². The molecule has 1 amide bonds. The number of ketones is 1. The van der Waals surface area contributed by atoms with Crippen molar-refractivity contribution in [2.24, 2.45) is 0 Å². The number of carbonyl (C=O) groups is 2. The number of amides is 1. The fraction of sp³-hybridized carbons (Fsp3) is 0.125. The molecule has 200 valence electrons. The number of benzene rings is 4. The van der Waals surface area contributed by atoms with Crippen molar-refractivity contribution < 1.29 is 9.59 Å². The Morgan fingerprint density at radius 1 is 0.850 bits per heavy atom. The van der Waals surface area contributed by atoms with E-state index in [0.29, 0.717) is 45.2 Å². The molecule has 0 spiro atoms. The molecule has 4 aromatic carbocycles. The average molecular weight is 568 g/mol. The summed E-state index contributed by atoms with van der Waals surface area (Å²) in [6.07, 6.45) is 0.636. The summed E-state index contributed by atoms with van der Waals surface area (Å²) in [5.41, 5.74) is 3.08. The van der Waals surface area contributed by atoms with Gasteiger partial charge in [0.05, 0.1) is 16.7 Å². The maximum Gasteiger partial charge on any atom is 0.262 e. The molecule has 0 radical (unpaired) electrons. The molecule has 0 saturated heterocycles. The highest BCUT2D eigenvalue weighted by atomic mass is 35.5. The second kappa shape index (κ2) is 12.8. The smallest absolute Gasteiger partial charge is 0.262 e. The van der Waals surface area contributed by atoms with E-state index in [1.165, 1.54) is 11.8 Å². The average Bonchev–Trinajstić information content (AvgIpc) is 2.99. The molecule has 0 bridgehead atoms. The van der Waals surface area contributed by atoms with Crippen molar-refractivity contribution in [2.75, 3.05) is 5.75 Å². The Labute approximate surface area is 241 Å². The maximum absolute atomic E-state index is 13.6. The maximum atomic E-state index is 13.6. The van der Waals surface area contributed by atoms with E-state index in [2.05, 4.69) is 5.32 Å². The number of Topliss-reactive ketones (excluding diaryl/α,β-unsaturated/α-hetero) is 1. The van der Waals surface area contributed by atoms with E-state index >= 15 is 0 Å². The van der Waals surface area contributed by atoms with Crippen molar-refractivity contribution in [3.05, 3.63) is 141 Å². The molecule has 0 aliphatic rings. The van der Waals surface area contributed by atoms with Gasteiger partial charge in [-0.3, -0.25) is 19.0 Å². The third-order valence-corrected chi connectivity index (χ3v) is 7.82. The summed E-state index contributed by atoms with van der Waals surface area (Å²) in [5, 5.41) is 4.30. The van der Waals surface area contributed by atoms with Crippen LogP contribution < -0.4 is 10.9 Å². The van der Waals surface area contributed by atoms with Crippen molar-refractivity contribution in [2.45, 2.75) is 24.7 Å². The molecule has 0 unspecified atom stereocenters. The first-order chi connectivity index (χ1) is 19.5. The number of thioether (sulfide) groups is 1. The molecule has 1 N–H and O–H groups in total. The molecule has 1 heterocycles. The van der Waals surface area contributed by atoms with Crippen LogP contribution in [0.4, 0.5) is 0 Å². The topological polar surface area (TPSA) is 81.1 Å². The van der Waals surface area contributed by atoms with E-state index < -0.39 is 0 Å². The Balaban J connectivity index is 1.43. The number of nitrogens with zero attached hydrogens (tertiary/aromatic N) is 2. The van der Waals surface area contributed by atoms with Gasteiger partial charge in [-0.1, -0.05) is 102 Å². The molecule has 0 atom stereocenters. The van der Waals surface area contributed by atoms with Gasteiger partial charge in [-0.15, -0.1) is 0 Å². The zero-order chi connectivity index (χ0) is 27.9. The van der Waals surface area contributed by atoms with Gasteiger partial charge in [0.15, 0.2) is 10.9 Å². The lowest BCUT2D eigenvalue weighted by Gasteiger charge is -2.14. The molecule has 0 aliphatic carbocycles. The number of nitrogens with one attached hydrogen (secondary N) is 1. The Morgan fingerprint density at radius 2 is 1.55 bits per heavy atom. The number of carbonyl (C=O) groups excluding carboxylic acids is 2. The number of hydrogen-bond donors (Lipinski definition) is 1. The summed E-state index contributed by atoms with van der Waals surface area (Å²) in [6, 6.07) is 31.1. The van der Waals surface area contributed by atoms with Crippen molar-refractivity contribution in [3.63, 3.8) is 0 Å². The SMILES string of the molecule is O=C(CSc1nc2cc(C(=O)NCc3ccccc3Cl)ccc2c(=O)n1CCc1ccccc1)c1ccccc1. The van der Waals surface area contributed by atoms with E-state index in [0.717, 1.165) is 11.1 Å². The first-order valence-corrected chi connectivity index (χ1v) is 14.2. The second-order valence-electron chi connectivity index (χ2n) is 9.17. The van der Waals surface area contributed by atoms with Crippen LogP contribution in [0.1, 0.15) is 31.8 Å². The lowest BCUT2D eigenvalue weighted by Crippen LogP contribution is -2.26. The third-order valence-electron chi connectivity index (χ3n) is 6.47. The summed E-state index contributed by atoms with van der Waals surface area (Å²) in [4.78, 5) is 44.1. The van der Waals surface area contributed by atoms with Crippen LogP contribution in [-0.2, 0) is 19.5 Å². The number of hydrogen-bond acceptors (Lipinski definition) is 5. The zero-order valence-corrected chi connectivity index (χ0v) is 23.1. The van der Waals surface area contributed by atoms with Gasteiger partial charge in [0, 0.05) is 29.2 Å². The van der Waals surface area contributed by atoms with E-state index in [1.807, 2.05) is 66.7 Å². The van der Waals surface area contributed by atoms with Crippen molar-refractivity contribution in [1.29, 1.82) is 0 Å². The quantitative estimate of drug-likeness (QED) is 0.123. The van der Waals surface area contributed by atoms with E-state index in [1.54, 1.807) is 41.0 Å². The standard InChI is InChI=1S/C32H26ClN3O3S/c33-27-14-8-7-13-25(27)20-34-30(38)24-15-16-26-28(19-24)35-32(40-21-29(37)23-11-5-2-6-12-23)36(31(26)39)18-17-22-9-3-1-4-10-22/h1-16,19H,17-18,20-21H2,(H,34,38). The molecular weight excluding hydrogens is 542 g/mol. The van der Waals surface area contributed by atoms with Crippen molar-refractivity contribution in [1.82, 2.24) is 14.9 Å². The van der Waals surface area contributed by atoms with Gasteiger partial charge in [0.1, 0.15) is 0 Å². The Hall–Kier alpha value is -4.20. The van der Waals surface area contributed by atoms with E-state index in [-0.39, 0.29) is 29.5 Å². The van der Waals surface area contributed by atoms with Gasteiger partial charge >= 0.3 is 0 Å². The third kappa shape index (κ3) is 6.50. The van der Waals surface area contributed by atoms with Crippen LogP contribution >= 0.6 is 23.4 Å². The minimum absolute atomic E-state index is 0.0535. The van der Waals surface area contributed by atoms with Crippen molar-refractivity contribution >= 4 is 46.0 Å². The number of rotatable bonds is 10. The molecule has 0 saturated carbocycles. The highest BCUT2D eigenvalue weighted by molar-refractivity contribution is 7.99. The zero-order valence-electron chi connectivity index (χ0n) is 21.5. The highest BCUT2D eigenvalue weighted by Crippen LogP contribution is 2.21. The monoisotopic (exact) mass is 567 g/mol. The Kier molecular flexibility index (Phi) is 8.74. The molecule has 6 nitrogen and oxygen atoms in total. The molecule has 40 heavy (non-hydrogen) atoms. The molecule has 0 fully saturated rings. The lowest BCUT2D eigenvalue weighted by atomic mass is 10.1. The fourth-order valence-corrected chi connectivity index (χ4v) is 5.41. The van der Waals surface area contributed by atoms with Crippen LogP contribution in [-0.4, -0.2) is 27.0 Å². The van der Waals surface area contributed by atoms with Crippen molar-refractivity contribution in [3.8, 4) is 0 Å². The normalized spacial score (nSPS) is 10.9. The van der Waals surface area contributed by atoms with Gasteiger partial charge < -0.3 is 5.32 Å². The van der Waals surface area contributed by atoms with E-state index in [4.69, 9.17) is 16.6 Å². The number of fused-ring (bicyclic) bond motifs is 1. The van der Waals surface area contributed by atoms with Crippen LogP contribution in [0.2, 0.25) is 5.02 Å². The summed E-state index contributed by atoms with van der Waals surface area (Å²) in [7, 11) is 0. The largest absolute Gasteiger partial charge is 0.348 e. The molecule has 5 aromatic rings. The van der Waals surface area contributed by atoms with Crippen LogP contribution in [0.5, 0.6) is 0 Å². The van der Waals surface area contributed by atoms with Gasteiger partial charge in [0.2, 0.25) is 0 Å². The summed E-state index contributed by atoms with van der Waals surface area (Å²) < 4.78 is 1.62. The first-order valence-electron chi connectivity index (χ1n) is 12.8. The second-order valence-corrected chi connectivity index (χ2v) is 10.5. The fourth-order valence-electron chi connectivity index (χ4n) is 4.29. The van der Waals surface area contributed by atoms with Crippen LogP contribution in [0.25, 0.3) is 10.9 Å². The first kappa shape index (κ1) is 27.4. The molecule has 0 aliphatic heterocycles. The minimum Gasteiger partial charge on any atom is -0.348 e. The summed E-state index contributed by atoms with van der Waals surface area (Å²) >= 11 is 7.44. The predicted octanol–water partition coefficient (Wildman–Crippen LogP) is 6.20. The number of aromatic nitrogens is 2. The van der Waals surface area contributed by atoms with Gasteiger partial charge in [0.25, 0.3) is 11.5 Å². The molecule has 1 aromatic heterocycles. The molecule has 8 heteroatoms. The molecule has 5 rings (SSSR count). The highest BCUT2D eigenvalue weighted by Gasteiger charge is 2.16. The molecular formula is C32H26ClN3O3S. The summed E-state index contributed by atoms with van der Waals surface area (Å²) in [5.74, 6) is -0.224. The van der Waals surface area contributed by atoms with Crippen LogP contribution in [0, 0.1) is 0 Å². The van der Waals surface area contributed by atoms with Crippen LogP contribution in [0.15, 0.2) is 113 Å². The Morgan fingerprint density at radius 3 is 2.30 bits per heavy atom.